The SMILES string of the molecule is Cc1cccc2c1oc1c(N(c3ccccc3)c3cc4c(c5ccccc35)-c3c(cc(N(c5ccccc5)c5cccc6c5oc5c(C)cccc56)c5ccccc35)C4(c3ccccc3)c3ccccc3)cccc12. The summed E-state index contributed by atoms with van der Waals surface area (Å²) in [5.74, 6) is 0. The molecule has 75 heavy (non-hydrogen) atoms. The van der Waals surface area contributed by atoms with Crippen LogP contribution in [0, 0.1) is 13.8 Å². The number of hydrogen-bond donors (Lipinski definition) is 0. The highest BCUT2D eigenvalue weighted by Gasteiger charge is 2.49. The number of aryl methyl sites for hydroxylation is 2. The zero-order chi connectivity index (χ0) is 49.8. The molecule has 354 valence electrons. The van der Waals surface area contributed by atoms with E-state index in [2.05, 4.69) is 278 Å². The second kappa shape index (κ2) is 16.7. The minimum Gasteiger partial charge on any atom is -0.454 e. The van der Waals surface area contributed by atoms with Crippen molar-refractivity contribution in [3.8, 4) is 11.1 Å². The predicted molar refractivity (Wildman–Crippen MR) is 312 cm³/mol. The Kier molecular flexibility index (Phi) is 9.58. The number of fused-ring (bicyclic) bond motifs is 13. The first-order valence-electron chi connectivity index (χ1n) is 25.8. The average Bonchev–Trinajstić information content (AvgIpc) is 4.16. The zero-order valence-corrected chi connectivity index (χ0v) is 41.5. The van der Waals surface area contributed by atoms with Crippen molar-refractivity contribution in [3.63, 3.8) is 0 Å². The number of hydrogen-bond acceptors (Lipinski definition) is 4. The van der Waals surface area contributed by atoms with Gasteiger partial charge in [-0.25, -0.2) is 0 Å². The van der Waals surface area contributed by atoms with E-state index in [1.165, 1.54) is 44.2 Å². The Morgan fingerprint density at radius 1 is 0.280 bits per heavy atom. The fourth-order valence-electron chi connectivity index (χ4n) is 12.7. The van der Waals surface area contributed by atoms with Gasteiger partial charge in [0.05, 0.1) is 28.2 Å². The molecule has 0 spiro atoms. The molecule has 0 bridgehead atoms. The molecule has 0 amide bonds. The fourth-order valence-corrected chi connectivity index (χ4v) is 12.7. The highest BCUT2D eigenvalue weighted by Crippen LogP contribution is 2.63. The van der Waals surface area contributed by atoms with E-state index < -0.39 is 5.41 Å². The molecule has 15 rings (SSSR count). The number of furan rings is 2. The second-order valence-corrected chi connectivity index (χ2v) is 20.0. The van der Waals surface area contributed by atoms with Crippen molar-refractivity contribution in [2.45, 2.75) is 19.3 Å². The van der Waals surface area contributed by atoms with Gasteiger partial charge in [-0.1, -0.05) is 206 Å². The molecule has 2 heterocycles. The summed E-state index contributed by atoms with van der Waals surface area (Å²) in [7, 11) is 0. The topological polar surface area (TPSA) is 32.8 Å². The molecule has 12 aromatic carbocycles. The fraction of sp³-hybridized carbons (Fsp3) is 0.0423. The van der Waals surface area contributed by atoms with Crippen LogP contribution < -0.4 is 9.80 Å². The Morgan fingerprint density at radius 2 is 0.600 bits per heavy atom. The average molecular weight is 961 g/mol. The van der Waals surface area contributed by atoms with Gasteiger partial charge in [-0.15, -0.1) is 0 Å². The number of nitrogens with zero attached hydrogens (tertiary/aromatic N) is 2. The van der Waals surface area contributed by atoms with Crippen LogP contribution in [0.1, 0.15) is 33.4 Å². The minimum absolute atomic E-state index is 0.805. The van der Waals surface area contributed by atoms with Crippen LogP contribution in [0.2, 0.25) is 0 Å². The minimum atomic E-state index is -0.805. The summed E-state index contributed by atoms with van der Waals surface area (Å²) in [6.07, 6.45) is 0. The maximum atomic E-state index is 7.03. The van der Waals surface area contributed by atoms with Crippen LogP contribution in [0.4, 0.5) is 34.1 Å². The molecule has 0 saturated carbocycles. The summed E-state index contributed by atoms with van der Waals surface area (Å²) >= 11 is 0. The zero-order valence-electron chi connectivity index (χ0n) is 41.5. The Bertz CT molecular complexity index is 4260. The molecule has 2 aromatic heterocycles. The van der Waals surface area contributed by atoms with Gasteiger partial charge in [0.15, 0.2) is 11.2 Å². The molecule has 0 unspecified atom stereocenters. The van der Waals surface area contributed by atoms with Crippen molar-refractivity contribution in [1.82, 2.24) is 0 Å². The maximum Gasteiger partial charge on any atom is 0.159 e. The van der Waals surface area contributed by atoms with Gasteiger partial charge >= 0.3 is 0 Å². The number of para-hydroxylation sites is 6. The third-order valence-corrected chi connectivity index (χ3v) is 15.9. The number of anilines is 6. The Morgan fingerprint density at radius 3 is 1.00 bits per heavy atom. The molecule has 4 heteroatoms. The van der Waals surface area contributed by atoms with E-state index in [4.69, 9.17) is 8.83 Å². The molecule has 0 aliphatic heterocycles. The molecular formula is C71H48N2O2. The van der Waals surface area contributed by atoms with E-state index in [0.717, 1.165) is 99.9 Å². The molecule has 4 nitrogen and oxygen atoms in total. The van der Waals surface area contributed by atoms with Crippen molar-refractivity contribution in [2.24, 2.45) is 0 Å². The lowest BCUT2D eigenvalue weighted by molar-refractivity contribution is 0.665. The predicted octanol–water partition coefficient (Wildman–Crippen LogP) is 19.7. The highest BCUT2D eigenvalue weighted by molar-refractivity contribution is 6.20. The van der Waals surface area contributed by atoms with Crippen LogP contribution in [0.15, 0.2) is 264 Å². The molecule has 1 aliphatic rings. The van der Waals surface area contributed by atoms with E-state index in [-0.39, 0.29) is 0 Å². The van der Waals surface area contributed by atoms with Gasteiger partial charge in [-0.05, 0) is 118 Å². The molecule has 0 N–H and O–H groups in total. The largest absolute Gasteiger partial charge is 0.454 e. The summed E-state index contributed by atoms with van der Waals surface area (Å²) in [6, 6.07) is 93.1. The third-order valence-electron chi connectivity index (χ3n) is 15.9. The molecule has 0 fully saturated rings. The van der Waals surface area contributed by atoms with E-state index in [9.17, 15) is 0 Å². The first-order valence-corrected chi connectivity index (χ1v) is 25.8. The van der Waals surface area contributed by atoms with Crippen LogP contribution in [-0.2, 0) is 5.41 Å². The summed E-state index contributed by atoms with van der Waals surface area (Å²) in [5.41, 5.74) is 18.3. The smallest absolute Gasteiger partial charge is 0.159 e. The lowest BCUT2D eigenvalue weighted by atomic mass is 9.67. The first-order chi connectivity index (χ1) is 37.1. The van der Waals surface area contributed by atoms with Gasteiger partial charge in [0, 0.05) is 43.7 Å². The van der Waals surface area contributed by atoms with Gasteiger partial charge in [0.1, 0.15) is 11.2 Å². The van der Waals surface area contributed by atoms with Crippen LogP contribution in [0.5, 0.6) is 0 Å². The van der Waals surface area contributed by atoms with E-state index in [1.54, 1.807) is 0 Å². The Labute approximate surface area is 434 Å². The lowest BCUT2D eigenvalue weighted by Gasteiger charge is -2.36. The van der Waals surface area contributed by atoms with Gasteiger partial charge in [0.25, 0.3) is 0 Å². The normalized spacial score (nSPS) is 12.8. The number of rotatable bonds is 8. The van der Waals surface area contributed by atoms with Gasteiger partial charge < -0.3 is 18.6 Å². The van der Waals surface area contributed by atoms with Gasteiger partial charge in [-0.3, -0.25) is 0 Å². The van der Waals surface area contributed by atoms with Crippen LogP contribution in [-0.4, -0.2) is 0 Å². The second-order valence-electron chi connectivity index (χ2n) is 20.0. The van der Waals surface area contributed by atoms with E-state index in [1.807, 2.05) is 0 Å². The van der Waals surface area contributed by atoms with Crippen molar-refractivity contribution in [3.05, 3.63) is 288 Å². The number of benzene rings is 12. The molecule has 0 atom stereocenters. The first kappa shape index (κ1) is 43.0. The molecule has 0 radical (unpaired) electrons. The lowest BCUT2D eigenvalue weighted by Crippen LogP contribution is -2.29. The summed E-state index contributed by atoms with van der Waals surface area (Å²) in [4.78, 5) is 4.87. The van der Waals surface area contributed by atoms with E-state index >= 15 is 0 Å². The molecule has 1 aliphatic carbocycles. The summed E-state index contributed by atoms with van der Waals surface area (Å²) in [5, 5.41) is 9.02. The summed E-state index contributed by atoms with van der Waals surface area (Å²) in [6.45, 7) is 4.26. The van der Waals surface area contributed by atoms with Crippen molar-refractivity contribution < 1.29 is 8.83 Å². The molecular weight excluding hydrogens is 913 g/mol. The molecule has 14 aromatic rings. The van der Waals surface area contributed by atoms with Crippen LogP contribution in [0.3, 0.4) is 0 Å². The van der Waals surface area contributed by atoms with Gasteiger partial charge in [0.2, 0.25) is 0 Å². The van der Waals surface area contributed by atoms with Crippen molar-refractivity contribution >= 4 is 99.5 Å². The van der Waals surface area contributed by atoms with Crippen LogP contribution >= 0.6 is 0 Å². The molecule has 0 saturated heterocycles. The Hall–Kier alpha value is -9.64. The summed E-state index contributed by atoms with van der Waals surface area (Å²) < 4.78 is 14.1. The third kappa shape index (κ3) is 6.23. The van der Waals surface area contributed by atoms with Crippen molar-refractivity contribution in [1.29, 1.82) is 0 Å². The van der Waals surface area contributed by atoms with E-state index in [0.29, 0.717) is 0 Å². The quantitative estimate of drug-likeness (QED) is 0.152. The Balaban J connectivity index is 1.10. The highest BCUT2D eigenvalue weighted by atomic mass is 16.3. The monoisotopic (exact) mass is 960 g/mol. The van der Waals surface area contributed by atoms with Gasteiger partial charge in [-0.2, -0.15) is 0 Å². The van der Waals surface area contributed by atoms with Crippen LogP contribution in [0.25, 0.3) is 76.5 Å². The maximum absolute atomic E-state index is 7.03. The standard InChI is InChI=1S/C71H48N2O2/c1-45-23-19-37-55-57-39-21-41-61(69(57)74-67(45)55)72(49-29-11-5-12-30-49)63-43-59-65(53-35-17-15-33-51(53)63)66-54-36-18-16-34-52(54)64(44-60(66)71(59,47-25-7-3-8-26-47)48-27-9-4-10-28-48)73(50-31-13-6-14-32-50)62-42-22-40-58-56-38-20-24-46(2)68(56)75-70(58)62/h3-44H,1-2H3. The van der Waals surface area contributed by atoms with Crippen molar-refractivity contribution in [2.75, 3.05) is 9.80 Å².